The molecule has 162 valence electrons. The van der Waals surface area contributed by atoms with Crippen LogP contribution in [0.3, 0.4) is 0 Å². The highest BCUT2D eigenvalue weighted by molar-refractivity contribution is 9.11. The SMILES string of the molecule is BrC1=[C+]C=CC=N1.COc1cccc(-c2ccccn2)c1.COc1cccc(B(O)O)c1. The molecule has 6 nitrogen and oxygen atoms in total. The van der Waals surface area contributed by atoms with Crippen molar-refractivity contribution in [1.82, 2.24) is 4.98 Å². The molecule has 0 fully saturated rings. The molecule has 2 aromatic carbocycles. The second-order valence-corrected chi connectivity index (χ2v) is 6.92. The van der Waals surface area contributed by atoms with Gasteiger partial charge in [-0.25, -0.2) is 0 Å². The molecule has 1 aromatic heterocycles. The Morgan fingerprint density at radius 3 is 2.16 bits per heavy atom. The molecule has 0 saturated carbocycles. The summed E-state index contributed by atoms with van der Waals surface area (Å²) >= 11 is 3.14. The van der Waals surface area contributed by atoms with E-state index in [9.17, 15) is 0 Å². The van der Waals surface area contributed by atoms with Crippen LogP contribution in [0.2, 0.25) is 0 Å². The number of halogens is 1. The first-order valence-electron chi connectivity index (χ1n) is 9.57. The van der Waals surface area contributed by atoms with E-state index in [1.54, 1.807) is 49.9 Å². The fourth-order valence-electron chi connectivity index (χ4n) is 2.42. The lowest BCUT2D eigenvalue weighted by Gasteiger charge is -2.03. The molecule has 0 unspecified atom stereocenters. The van der Waals surface area contributed by atoms with Crippen LogP contribution in [0.15, 0.2) is 94.7 Å². The van der Waals surface area contributed by atoms with Crippen molar-refractivity contribution in [3.8, 4) is 22.8 Å². The maximum atomic E-state index is 8.74. The number of aromatic nitrogens is 1. The van der Waals surface area contributed by atoms with Crippen molar-refractivity contribution in [1.29, 1.82) is 0 Å². The lowest BCUT2D eigenvalue weighted by atomic mass is 9.80. The first-order valence-corrected chi connectivity index (χ1v) is 10.4. The van der Waals surface area contributed by atoms with E-state index in [0.29, 0.717) is 11.2 Å². The number of nitrogens with zero attached hydrogens (tertiary/aromatic N) is 2. The van der Waals surface area contributed by atoms with Gasteiger partial charge in [0.15, 0.2) is 6.08 Å². The largest absolute Gasteiger partial charge is 0.497 e. The molecule has 8 heteroatoms. The van der Waals surface area contributed by atoms with Crippen molar-refractivity contribution in [3.63, 3.8) is 0 Å². The van der Waals surface area contributed by atoms with Gasteiger partial charge in [0.05, 0.1) is 26.0 Å². The summed E-state index contributed by atoms with van der Waals surface area (Å²) in [5.41, 5.74) is 2.47. The molecule has 0 aliphatic carbocycles. The number of pyridine rings is 1. The quantitative estimate of drug-likeness (QED) is 0.328. The summed E-state index contributed by atoms with van der Waals surface area (Å²) in [6.45, 7) is 0. The minimum absolute atomic E-state index is 0.435. The Morgan fingerprint density at radius 2 is 1.62 bits per heavy atom. The second-order valence-electron chi connectivity index (χ2n) is 6.17. The first kappa shape index (κ1) is 25.0. The van der Waals surface area contributed by atoms with Crippen LogP contribution in [0.25, 0.3) is 11.3 Å². The van der Waals surface area contributed by atoms with Crippen molar-refractivity contribution in [2.75, 3.05) is 14.2 Å². The number of hydrogen-bond donors (Lipinski definition) is 2. The third-order valence-electron chi connectivity index (χ3n) is 3.99. The molecule has 0 saturated heterocycles. The topological polar surface area (TPSA) is 84.2 Å². The molecule has 2 N–H and O–H groups in total. The molecule has 1 aliphatic heterocycles. The van der Waals surface area contributed by atoms with E-state index in [4.69, 9.17) is 19.5 Å². The highest BCUT2D eigenvalue weighted by atomic mass is 79.9. The van der Waals surface area contributed by atoms with Crippen LogP contribution in [0.1, 0.15) is 0 Å². The molecule has 3 aromatic rings. The standard InChI is InChI=1S/C12H11NO.C7H9BO3.C5H3BrN/c1-14-11-6-4-5-10(9-11)12-7-2-3-8-13-12;1-11-7-4-2-3-6(5-7)8(9)10;6-5-3-1-2-4-7-5/h2-9H,1H3;2-5,9-10H,1H3;1-2,4H/q;;+1. The molecule has 32 heavy (non-hydrogen) atoms. The number of aliphatic imine (C=N–C) groups is 1. The van der Waals surface area contributed by atoms with Gasteiger partial charge < -0.3 is 19.5 Å². The number of rotatable bonds is 4. The number of hydrogen-bond acceptors (Lipinski definition) is 6. The maximum Gasteiger partial charge on any atom is 0.488 e. The van der Waals surface area contributed by atoms with Crippen LogP contribution in [-0.4, -0.2) is 42.6 Å². The first-order chi connectivity index (χ1) is 15.5. The number of ether oxygens (including phenoxy) is 2. The Bertz CT molecular complexity index is 1060. The second kappa shape index (κ2) is 13.9. The minimum atomic E-state index is -1.43. The van der Waals surface area contributed by atoms with Gasteiger partial charge in [-0.1, -0.05) is 30.3 Å². The van der Waals surface area contributed by atoms with Crippen LogP contribution in [-0.2, 0) is 0 Å². The minimum Gasteiger partial charge on any atom is -0.497 e. The average Bonchev–Trinajstić information content (AvgIpc) is 2.86. The van der Waals surface area contributed by atoms with Crippen molar-refractivity contribution < 1.29 is 19.5 Å². The van der Waals surface area contributed by atoms with Gasteiger partial charge in [-0.2, -0.15) is 4.99 Å². The van der Waals surface area contributed by atoms with Crippen LogP contribution in [0.5, 0.6) is 11.5 Å². The van der Waals surface area contributed by atoms with Crippen molar-refractivity contribution in [3.05, 3.63) is 95.8 Å². The van der Waals surface area contributed by atoms with Crippen LogP contribution >= 0.6 is 15.9 Å². The van der Waals surface area contributed by atoms with Gasteiger partial charge >= 0.3 is 7.12 Å². The molecule has 0 atom stereocenters. The van der Waals surface area contributed by atoms with Crippen molar-refractivity contribution >= 4 is 34.7 Å². The molecule has 2 heterocycles. The normalized spacial score (nSPS) is 11.0. The van der Waals surface area contributed by atoms with Crippen LogP contribution < -0.4 is 14.9 Å². The van der Waals surface area contributed by atoms with Gasteiger partial charge in [-0.05, 0) is 41.9 Å². The van der Waals surface area contributed by atoms with E-state index in [1.807, 2.05) is 48.5 Å². The molecule has 0 amide bonds. The summed E-state index contributed by atoms with van der Waals surface area (Å²) in [6, 6.07) is 20.4. The van der Waals surface area contributed by atoms with Gasteiger partial charge in [-0.3, -0.25) is 4.98 Å². The molecule has 0 spiro atoms. The Labute approximate surface area is 196 Å². The lowest BCUT2D eigenvalue weighted by Crippen LogP contribution is -2.29. The zero-order valence-electron chi connectivity index (χ0n) is 17.7. The van der Waals surface area contributed by atoms with Crippen LogP contribution in [0.4, 0.5) is 0 Å². The monoisotopic (exact) mass is 493 g/mol. The Balaban J connectivity index is 0.000000180. The fraction of sp³-hybridized carbons (Fsp3) is 0.0833. The summed E-state index contributed by atoms with van der Waals surface area (Å²) in [6.07, 6.45) is 9.96. The zero-order chi connectivity index (χ0) is 23.2. The van der Waals surface area contributed by atoms with E-state index >= 15 is 0 Å². The Kier molecular flexibility index (Phi) is 10.9. The zero-order valence-corrected chi connectivity index (χ0v) is 19.3. The maximum absolute atomic E-state index is 8.74. The van der Waals surface area contributed by atoms with E-state index in [-0.39, 0.29) is 0 Å². The van der Waals surface area contributed by atoms with E-state index in [0.717, 1.165) is 21.6 Å². The lowest BCUT2D eigenvalue weighted by molar-refractivity contribution is 0.412. The number of methoxy groups -OCH3 is 2. The third-order valence-corrected chi connectivity index (χ3v) is 4.43. The summed E-state index contributed by atoms with van der Waals surface area (Å²) < 4.78 is 10.8. The summed E-state index contributed by atoms with van der Waals surface area (Å²) in [5.74, 6) is 1.48. The van der Waals surface area contributed by atoms with Gasteiger partial charge in [0, 0.05) is 27.7 Å². The summed E-state index contributed by atoms with van der Waals surface area (Å²) in [4.78, 5) is 8.11. The van der Waals surface area contributed by atoms with E-state index in [1.165, 1.54) is 7.11 Å². The molecule has 0 radical (unpaired) electrons. The predicted octanol–water partition coefficient (Wildman–Crippen LogP) is 3.80. The molecule has 4 rings (SSSR count). The highest BCUT2D eigenvalue weighted by Crippen LogP contribution is 2.21. The third kappa shape index (κ3) is 8.84. The van der Waals surface area contributed by atoms with Gasteiger partial charge in [0.2, 0.25) is 0 Å². The fourth-order valence-corrected chi connectivity index (χ4v) is 2.67. The van der Waals surface area contributed by atoms with Crippen LogP contribution in [0, 0.1) is 6.08 Å². The molecular formula is C24H23BBrN2O4+. The van der Waals surface area contributed by atoms with E-state index < -0.39 is 7.12 Å². The Morgan fingerprint density at radius 1 is 0.906 bits per heavy atom. The number of allylic oxidation sites excluding steroid dienone is 3. The predicted molar refractivity (Wildman–Crippen MR) is 132 cm³/mol. The highest BCUT2D eigenvalue weighted by Gasteiger charge is 2.10. The summed E-state index contributed by atoms with van der Waals surface area (Å²) in [7, 11) is 1.77. The summed E-state index contributed by atoms with van der Waals surface area (Å²) in [5, 5.41) is 17.5. The Hall–Kier alpha value is -3.29. The molecule has 1 aliphatic rings. The van der Waals surface area contributed by atoms with Gasteiger partial charge in [-0.15, -0.1) is 0 Å². The number of benzene rings is 2. The van der Waals surface area contributed by atoms with Gasteiger partial charge in [0.1, 0.15) is 23.8 Å². The molecule has 0 bridgehead atoms. The van der Waals surface area contributed by atoms with Crippen molar-refractivity contribution in [2.45, 2.75) is 0 Å². The van der Waals surface area contributed by atoms with Crippen molar-refractivity contribution in [2.24, 2.45) is 4.99 Å². The average molecular weight is 494 g/mol. The van der Waals surface area contributed by atoms with Gasteiger partial charge in [0.25, 0.3) is 4.61 Å². The molecular weight excluding hydrogens is 471 g/mol. The smallest absolute Gasteiger partial charge is 0.488 e. The van der Waals surface area contributed by atoms with E-state index in [2.05, 4.69) is 32.0 Å².